The van der Waals surface area contributed by atoms with Crippen molar-refractivity contribution in [2.45, 2.75) is 57.5 Å². The molecular formula is C14H26N2O2. The largest absolute Gasteiger partial charge is 0.465 e. The SMILES string of the molecule is CCCNC1(C(=O)OCC)CCN2CCCC2C1. The van der Waals surface area contributed by atoms with E-state index in [4.69, 9.17) is 4.74 Å². The Kier molecular flexibility index (Phi) is 4.62. The molecule has 2 aliphatic rings. The zero-order valence-electron chi connectivity index (χ0n) is 11.7. The highest BCUT2D eigenvalue weighted by atomic mass is 16.5. The lowest BCUT2D eigenvalue weighted by atomic mass is 9.83. The number of carbonyl (C=O) groups excluding carboxylic acids is 1. The summed E-state index contributed by atoms with van der Waals surface area (Å²) in [7, 11) is 0. The molecule has 0 saturated carbocycles. The van der Waals surface area contributed by atoms with Crippen molar-refractivity contribution in [2.75, 3.05) is 26.2 Å². The molecule has 0 spiro atoms. The number of esters is 1. The van der Waals surface area contributed by atoms with Gasteiger partial charge in [-0.25, -0.2) is 0 Å². The minimum atomic E-state index is -0.419. The molecule has 0 aromatic rings. The first-order valence-corrected chi connectivity index (χ1v) is 7.38. The predicted molar refractivity (Wildman–Crippen MR) is 71.5 cm³/mol. The van der Waals surface area contributed by atoms with Crippen molar-refractivity contribution in [1.82, 2.24) is 10.2 Å². The van der Waals surface area contributed by atoms with Gasteiger partial charge in [-0.3, -0.25) is 4.79 Å². The molecule has 2 heterocycles. The van der Waals surface area contributed by atoms with Crippen LogP contribution in [0.2, 0.25) is 0 Å². The average molecular weight is 254 g/mol. The van der Waals surface area contributed by atoms with E-state index in [-0.39, 0.29) is 5.97 Å². The Morgan fingerprint density at radius 3 is 3.00 bits per heavy atom. The fourth-order valence-corrected chi connectivity index (χ4v) is 3.31. The minimum Gasteiger partial charge on any atom is -0.465 e. The van der Waals surface area contributed by atoms with E-state index >= 15 is 0 Å². The number of nitrogens with one attached hydrogen (secondary N) is 1. The molecule has 2 aliphatic heterocycles. The van der Waals surface area contributed by atoms with Gasteiger partial charge in [-0.05, 0) is 52.1 Å². The normalized spacial score (nSPS) is 32.2. The van der Waals surface area contributed by atoms with Gasteiger partial charge in [0.15, 0.2) is 0 Å². The average Bonchev–Trinajstić information content (AvgIpc) is 2.83. The van der Waals surface area contributed by atoms with Gasteiger partial charge in [0.1, 0.15) is 5.54 Å². The van der Waals surface area contributed by atoms with Crippen LogP contribution in [0.25, 0.3) is 0 Å². The number of rotatable bonds is 5. The summed E-state index contributed by atoms with van der Waals surface area (Å²) in [6.07, 6.45) is 5.37. The number of fused-ring (bicyclic) bond motifs is 1. The van der Waals surface area contributed by atoms with E-state index in [0.717, 1.165) is 32.4 Å². The maximum Gasteiger partial charge on any atom is 0.326 e. The van der Waals surface area contributed by atoms with Crippen LogP contribution in [0.4, 0.5) is 0 Å². The first kappa shape index (κ1) is 13.8. The van der Waals surface area contributed by atoms with E-state index in [1.165, 1.54) is 19.4 Å². The van der Waals surface area contributed by atoms with Crippen molar-refractivity contribution in [2.24, 2.45) is 0 Å². The fraction of sp³-hybridized carbons (Fsp3) is 0.929. The molecule has 0 aliphatic carbocycles. The first-order chi connectivity index (χ1) is 8.72. The molecule has 0 bridgehead atoms. The van der Waals surface area contributed by atoms with Crippen LogP contribution in [0.5, 0.6) is 0 Å². The van der Waals surface area contributed by atoms with Gasteiger partial charge in [0.25, 0.3) is 0 Å². The van der Waals surface area contributed by atoms with Gasteiger partial charge in [-0.2, -0.15) is 0 Å². The lowest BCUT2D eigenvalue weighted by Crippen LogP contribution is -2.60. The third-order valence-corrected chi connectivity index (χ3v) is 4.29. The zero-order valence-corrected chi connectivity index (χ0v) is 11.7. The van der Waals surface area contributed by atoms with Gasteiger partial charge in [0.2, 0.25) is 0 Å². The number of hydrogen-bond acceptors (Lipinski definition) is 4. The van der Waals surface area contributed by atoms with Crippen LogP contribution < -0.4 is 5.32 Å². The lowest BCUT2D eigenvalue weighted by Gasteiger charge is -2.42. The van der Waals surface area contributed by atoms with Crippen LogP contribution in [0, 0.1) is 0 Å². The molecule has 2 rings (SSSR count). The first-order valence-electron chi connectivity index (χ1n) is 7.38. The van der Waals surface area contributed by atoms with Crippen LogP contribution in [0.15, 0.2) is 0 Å². The monoisotopic (exact) mass is 254 g/mol. The Bertz CT molecular complexity index is 296. The summed E-state index contributed by atoms with van der Waals surface area (Å²) in [5, 5.41) is 3.48. The van der Waals surface area contributed by atoms with Gasteiger partial charge in [0.05, 0.1) is 6.61 Å². The molecule has 4 heteroatoms. The van der Waals surface area contributed by atoms with Crippen molar-refractivity contribution >= 4 is 5.97 Å². The molecule has 1 N–H and O–H groups in total. The summed E-state index contributed by atoms with van der Waals surface area (Å²) in [5.74, 6) is -0.0370. The van der Waals surface area contributed by atoms with Crippen LogP contribution >= 0.6 is 0 Å². The Morgan fingerprint density at radius 2 is 2.28 bits per heavy atom. The Hall–Kier alpha value is -0.610. The van der Waals surface area contributed by atoms with Crippen molar-refractivity contribution in [3.8, 4) is 0 Å². The van der Waals surface area contributed by atoms with E-state index in [9.17, 15) is 4.79 Å². The molecule has 18 heavy (non-hydrogen) atoms. The highest BCUT2D eigenvalue weighted by molar-refractivity contribution is 5.81. The standard InChI is InChI=1S/C14H26N2O2/c1-3-8-15-14(13(17)18-4-2)7-10-16-9-5-6-12(16)11-14/h12,15H,3-11H2,1-2H3. The highest BCUT2D eigenvalue weighted by Gasteiger charge is 2.47. The number of piperidine rings is 1. The third-order valence-electron chi connectivity index (χ3n) is 4.29. The second kappa shape index (κ2) is 6.02. The molecule has 0 amide bonds. The van der Waals surface area contributed by atoms with Gasteiger partial charge >= 0.3 is 5.97 Å². The molecule has 2 unspecified atom stereocenters. The summed E-state index contributed by atoms with van der Waals surface area (Å²) in [6.45, 7) is 7.62. The fourth-order valence-electron chi connectivity index (χ4n) is 3.31. The maximum atomic E-state index is 12.3. The summed E-state index contributed by atoms with van der Waals surface area (Å²) in [5.41, 5.74) is -0.419. The van der Waals surface area contributed by atoms with Crippen molar-refractivity contribution in [3.05, 3.63) is 0 Å². The molecule has 2 saturated heterocycles. The molecule has 0 radical (unpaired) electrons. The summed E-state index contributed by atoms with van der Waals surface area (Å²) < 4.78 is 5.31. The molecule has 2 atom stereocenters. The van der Waals surface area contributed by atoms with Crippen LogP contribution in [0.3, 0.4) is 0 Å². The third kappa shape index (κ3) is 2.69. The van der Waals surface area contributed by atoms with Crippen LogP contribution in [-0.2, 0) is 9.53 Å². The van der Waals surface area contributed by atoms with Gasteiger partial charge < -0.3 is 15.0 Å². The topological polar surface area (TPSA) is 41.6 Å². The predicted octanol–water partition coefficient (Wildman–Crippen LogP) is 1.55. The smallest absolute Gasteiger partial charge is 0.326 e. The molecule has 4 nitrogen and oxygen atoms in total. The number of hydrogen-bond donors (Lipinski definition) is 1. The number of carbonyl (C=O) groups is 1. The minimum absolute atomic E-state index is 0.0370. The van der Waals surface area contributed by atoms with Crippen LogP contribution in [0.1, 0.15) is 46.0 Å². The molecule has 104 valence electrons. The van der Waals surface area contributed by atoms with E-state index in [1.807, 2.05) is 6.92 Å². The van der Waals surface area contributed by atoms with Gasteiger partial charge in [0, 0.05) is 12.6 Å². The van der Waals surface area contributed by atoms with E-state index in [1.54, 1.807) is 0 Å². The van der Waals surface area contributed by atoms with E-state index in [0.29, 0.717) is 12.6 Å². The quantitative estimate of drug-likeness (QED) is 0.756. The molecule has 0 aromatic heterocycles. The second-order valence-electron chi connectivity index (χ2n) is 5.52. The van der Waals surface area contributed by atoms with Gasteiger partial charge in [-0.1, -0.05) is 6.92 Å². The maximum absolute atomic E-state index is 12.3. The molecular weight excluding hydrogens is 228 g/mol. The summed E-state index contributed by atoms with van der Waals surface area (Å²) >= 11 is 0. The summed E-state index contributed by atoms with van der Waals surface area (Å²) in [4.78, 5) is 14.8. The molecule has 0 aromatic carbocycles. The zero-order chi connectivity index (χ0) is 13.0. The highest BCUT2D eigenvalue weighted by Crippen LogP contribution is 2.34. The van der Waals surface area contributed by atoms with Crippen LogP contribution in [-0.4, -0.2) is 48.7 Å². The Labute approximate surface area is 110 Å². The number of ether oxygens (including phenoxy) is 1. The second-order valence-corrected chi connectivity index (χ2v) is 5.52. The van der Waals surface area contributed by atoms with Crippen molar-refractivity contribution in [3.63, 3.8) is 0 Å². The van der Waals surface area contributed by atoms with E-state index < -0.39 is 5.54 Å². The van der Waals surface area contributed by atoms with Crippen molar-refractivity contribution in [1.29, 1.82) is 0 Å². The number of nitrogens with zero attached hydrogens (tertiary/aromatic N) is 1. The Morgan fingerprint density at radius 1 is 1.44 bits per heavy atom. The lowest BCUT2D eigenvalue weighted by molar-refractivity contribution is -0.154. The Balaban J connectivity index is 2.07. The molecule has 2 fully saturated rings. The van der Waals surface area contributed by atoms with Gasteiger partial charge in [-0.15, -0.1) is 0 Å². The van der Waals surface area contributed by atoms with Crippen molar-refractivity contribution < 1.29 is 9.53 Å². The van der Waals surface area contributed by atoms with E-state index in [2.05, 4.69) is 17.1 Å². The summed E-state index contributed by atoms with van der Waals surface area (Å²) in [6, 6.07) is 0.576.